The highest BCUT2D eigenvalue weighted by Crippen LogP contribution is 2.17. The van der Waals surface area contributed by atoms with Crippen LogP contribution in [0.2, 0.25) is 0 Å². The van der Waals surface area contributed by atoms with Crippen LogP contribution in [0.5, 0.6) is 0 Å². The molecule has 1 amide bonds. The van der Waals surface area contributed by atoms with Crippen molar-refractivity contribution < 1.29 is 14.3 Å². The summed E-state index contributed by atoms with van der Waals surface area (Å²) in [5.74, 6) is -0.731. The number of benzene rings is 1. The second-order valence-electron chi connectivity index (χ2n) is 4.16. The fraction of sp³-hybridized carbons (Fsp3) is 0.267. The number of hydrogen-bond donors (Lipinski definition) is 1. The summed E-state index contributed by atoms with van der Waals surface area (Å²) in [5.41, 5.74) is 1.33. The Bertz CT molecular complexity index is 585. The summed E-state index contributed by atoms with van der Waals surface area (Å²) in [6.45, 7) is 3.36. The van der Waals surface area contributed by atoms with Crippen molar-refractivity contribution in [3.63, 3.8) is 0 Å². The molecule has 1 N–H and O–H groups in total. The predicted molar refractivity (Wildman–Crippen MR) is 79.5 cm³/mol. The minimum absolute atomic E-state index is 0.0651. The van der Waals surface area contributed by atoms with Crippen LogP contribution < -0.4 is 10.2 Å². The number of carbonyl (C=O) groups is 2. The number of ether oxygens (including phenoxy) is 1. The van der Waals surface area contributed by atoms with Crippen LogP contribution in [0.15, 0.2) is 36.0 Å². The van der Waals surface area contributed by atoms with Crippen molar-refractivity contribution >= 4 is 23.3 Å². The molecule has 0 saturated heterocycles. The van der Waals surface area contributed by atoms with E-state index in [1.54, 1.807) is 44.3 Å². The molecule has 0 aromatic heterocycles. The number of nitrogens with zero attached hydrogens (tertiary/aromatic N) is 2. The summed E-state index contributed by atoms with van der Waals surface area (Å²) in [4.78, 5) is 24.2. The van der Waals surface area contributed by atoms with Gasteiger partial charge in [0.25, 0.3) is 0 Å². The number of amides is 1. The molecule has 0 aliphatic carbocycles. The van der Waals surface area contributed by atoms with Gasteiger partial charge in [-0.15, -0.1) is 0 Å². The topological polar surface area (TPSA) is 82.4 Å². The fourth-order valence-corrected chi connectivity index (χ4v) is 1.46. The van der Waals surface area contributed by atoms with Crippen LogP contribution in [0.1, 0.15) is 13.8 Å². The van der Waals surface area contributed by atoms with Crippen LogP contribution >= 0.6 is 0 Å². The molecule has 1 aromatic rings. The van der Waals surface area contributed by atoms with E-state index in [2.05, 4.69) is 5.32 Å². The van der Waals surface area contributed by atoms with Gasteiger partial charge in [-0.1, -0.05) is 0 Å². The number of nitriles is 1. The molecular formula is C15H17N3O3. The third-order valence-corrected chi connectivity index (χ3v) is 2.73. The van der Waals surface area contributed by atoms with Crippen molar-refractivity contribution in [3.05, 3.63) is 36.0 Å². The van der Waals surface area contributed by atoms with E-state index in [1.807, 2.05) is 0 Å². The van der Waals surface area contributed by atoms with Crippen molar-refractivity contribution in [2.75, 3.05) is 23.9 Å². The molecule has 0 aliphatic heterocycles. The molecule has 0 saturated carbocycles. The highest BCUT2D eigenvalue weighted by Gasteiger charge is 2.09. The van der Waals surface area contributed by atoms with Crippen molar-refractivity contribution in [3.8, 4) is 6.07 Å². The molecule has 0 heterocycles. The van der Waals surface area contributed by atoms with Gasteiger partial charge in [-0.2, -0.15) is 5.26 Å². The van der Waals surface area contributed by atoms with E-state index in [4.69, 9.17) is 10.00 Å². The van der Waals surface area contributed by atoms with Gasteiger partial charge in [-0.25, -0.2) is 4.79 Å². The van der Waals surface area contributed by atoms with E-state index in [0.717, 1.165) is 5.69 Å². The molecule has 0 unspecified atom stereocenters. The van der Waals surface area contributed by atoms with Gasteiger partial charge in [0.1, 0.15) is 6.07 Å². The molecule has 0 spiro atoms. The van der Waals surface area contributed by atoms with Gasteiger partial charge in [0.2, 0.25) is 5.91 Å². The van der Waals surface area contributed by atoms with E-state index in [-0.39, 0.29) is 18.1 Å². The maximum atomic E-state index is 11.4. The fourth-order valence-electron chi connectivity index (χ4n) is 1.46. The summed E-state index contributed by atoms with van der Waals surface area (Å²) < 4.78 is 4.75. The maximum Gasteiger partial charge on any atom is 0.350 e. The first kappa shape index (κ1) is 16.2. The van der Waals surface area contributed by atoms with Crippen LogP contribution in [0.3, 0.4) is 0 Å². The molecule has 0 atom stereocenters. The number of hydrogen-bond acceptors (Lipinski definition) is 5. The van der Waals surface area contributed by atoms with E-state index < -0.39 is 5.97 Å². The Labute approximate surface area is 123 Å². The predicted octanol–water partition coefficient (Wildman–Crippen LogP) is 2.05. The van der Waals surface area contributed by atoms with Gasteiger partial charge in [0, 0.05) is 31.5 Å². The monoisotopic (exact) mass is 287 g/mol. The molecule has 1 aromatic carbocycles. The average molecular weight is 287 g/mol. The molecule has 21 heavy (non-hydrogen) atoms. The molecule has 0 radical (unpaired) electrons. The van der Waals surface area contributed by atoms with E-state index in [0.29, 0.717) is 5.69 Å². The van der Waals surface area contributed by atoms with Gasteiger partial charge in [-0.05, 0) is 31.2 Å². The van der Waals surface area contributed by atoms with E-state index in [1.165, 1.54) is 18.0 Å². The SMILES string of the molecule is CCOC(=O)/C(C#N)=C/Nc1ccc(N(C)C(C)=O)cc1. The molecule has 0 aliphatic rings. The van der Waals surface area contributed by atoms with Gasteiger partial charge in [0.15, 0.2) is 5.57 Å². The number of carbonyl (C=O) groups excluding carboxylic acids is 2. The minimum atomic E-state index is -0.666. The Hall–Kier alpha value is -2.81. The minimum Gasteiger partial charge on any atom is -0.462 e. The van der Waals surface area contributed by atoms with Crippen LogP contribution in [0.4, 0.5) is 11.4 Å². The summed E-state index contributed by atoms with van der Waals surface area (Å²) >= 11 is 0. The van der Waals surface area contributed by atoms with Gasteiger partial charge >= 0.3 is 5.97 Å². The lowest BCUT2D eigenvalue weighted by atomic mass is 10.2. The lowest BCUT2D eigenvalue weighted by molar-refractivity contribution is -0.138. The lowest BCUT2D eigenvalue weighted by Crippen LogP contribution is -2.22. The van der Waals surface area contributed by atoms with Crippen molar-refractivity contribution in [1.82, 2.24) is 0 Å². The van der Waals surface area contributed by atoms with E-state index in [9.17, 15) is 9.59 Å². The van der Waals surface area contributed by atoms with Gasteiger partial charge < -0.3 is 15.0 Å². The molecule has 6 nitrogen and oxygen atoms in total. The number of esters is 1. The second-order valence-corrected chi connectivity index (χ2v) is 4.16. The Morgan fingerprint density at radius 1 is 1.38 bits per heavy atom. The Balaban J connectivity index is 2.78. The lowest BCUT2D eigenvalue weighted by Gasteiger charge is -2.15. The van der Waals surface area contributed by atoms with Gasteiger partial charge in [0.05, 0.1) is 6.61 Å². The van der Waals surface area contributed by atoms with Crippen LogP contribution in [-0.2, 0) is 14.3 Å². The zero-order chi connectivity index (χ0) is 15.8. The van der Waals surface area contributed by atoms with Crippen LogP contribution in [0.25, 0.3) is 0 Å². The second kappa shape index (κ2) is 7.70. The summed E-state index contributed by atoms with van der Waals surface area (Å²) in [6, 6.07) is 8.77. The zero-order valence-corrected chi connectivity index (χ0v) is 12.2. The molecule has 0 fully saturated rings. The largest absolute Gasteiger partial charge is 0.462 e. The summed E-state index contributed by atoms with van der Waals surface area (Å²) in [6.07, 6.45) is 1.29. The van der Waals surface area contributed by atoms with Gasteiger partial charge in [-0.3, -0.25) is 4.79 Å². The Kier molecular flexibility index (Phi) is 5.96. The van der Waals surface area contributed by atoms with Crippen molar-refractivity contribution in [2.45, 2.75) is 13.8 Å². The number of nitrogens with one attached hydrogen (secondary N) is 1. The average Bonchev–Trinajstić information content (AvgIpc) is 2.48. The van der Waals surface area contributed by atoms with Crippen molar-refractivity contribution in [2.24, 2.45) is 0 Å². The first-order chi connectivity index (χ1) is 9.99. The molecule has 0 bridgehead atoms. The third kappa shape index (κ3) is 4.66. The molecule has 1 rings (SSSR count). The first-order valence-electron chi connectivity index (χ1n) is 6.37. The Morgan fingerprint density at radius 3 is 2.48 bits per heavy atom. The Morgan fingerprint density at radius 2 is 2.00 bits per heavy atom. The highest BCUT2D eigenvalue weighted by atomic mass is 16.5. The number of anilines is 2. The highest BCUT2D eigenvalue weighted by molar-refractivity contribution is 5.93. The standard InChI is InChI=1S/C15H17N3O3/c1-4-21-15(20)12(9-16)10-17-13-5-7-14(8-6-13)18(3)11(2)19/h5-8,10,17H,4H2,1-3H3/b12-10+. The van der Waals surface area contributed by atoms with Crippen LogP contribution in [0, 0.1) is 11.3 Å². The zero-order valence-electron chi connectivity index (χ0n) is 12.2. The maximum absolute atomic E-state index is 11.4. The summed E-state index contributed by atoms with van der Waals surface area (Å²) in [7, 11) is 1.68. The van der Waals surface area contributed by atoms with Crippen molar-refractivity contribution in [1.29, 1.82) is 5.26 Å². The quantitative estimate of drug-likeness (QED) is 0.509. The van der Waals surface area contributed by atoms with Crippen LogP contribution in [-0.4, -0.2) is 25.5 Å². The first-order valence-corrected chi connectivity index (χ1v) is 6.37. The smallest absolute Gasteiger partial charge is 0.350 e. The molecule has 6 heteroatoms. The third-order valence-electron chi connectivity index (χ3n) is 2.73. The number of rotatable bonds is 5. The normalized spacial score (nSPS) is 10.5. The summed E-state index contributed by atoms with van der Waals surface area (Å²) in [5, 5.41) is 11.7. The molecular weight excluding hydrogens is 270 g/mol. The van der Waals surface area contributed by atoms with E-state index >= 15 is 0 Å². The molecule has 110 valence electrons.